The Morgan fingerprint density at radius 3 is 2.71 bits per heavy atom. The van der Waals surface area contributed by atoms with Gasteiger partial charge in [-0.05, 0) is 19.9 Å². The average Bonchev–Trinajstić information content (AvgIpc) is 2.79. The van der Waals surface area contributed by atoms with E-state index in [1.165, 1.54) is 0 Å². The van der Waals surface area contributed by atoms with Gasteiger partial charge in [-0.1, -0.05) is 18.2 Å². The van der Waals surface area contributed by atoms with Crippen LogP contribution >= 0.6 is 0 Å². The lowest BCUT2D eigenvalue weighted by Crippen LogP contribution is -2.33. The first-order valence-corrected chi connectivity index (χ1v) is 6.81. The summed E-state index contributed by atoms with van der Waals surface area (Å²) in [5.74, 6) is 0.519. The number of allylic oxidation sites excluding steroid dienone is 2. The van der Waals surface area contributed by atoms with Gasteiger partial charge in [-0.15, -0.1) is 0 Å². The number of carbonyl (C=O) groups is 2. The van der Waals surface area contributed by atoms with Gasteiger partial charge in [-0.25, -0.2) is 0 Å². The van der Waals surface area contributed by atoms with Crippen LogP contribution in [0.25, 0.3) is 12.2 Å². The van der Waals surface area contributed by atoms with Gasteiger partial charge in [0.05, 0.1) is 5.35 Å². The maximum atomic E-state index is 11.3. The summed E-state index contributed by atoms with van der Waals surface area (Å²) in [6, 6.07) is 0. The third-order valence-electron chi connectivity index (χ3n) is 3.10. The van der Waals surface area contributed by atoms with Crippen molar-refractivity contribution in [3.8, 4) is 0 Å². The molecule has 0 atom stereocenters. The molecule has 0 spiro atoms. The number of nitrogens with one attached hydrogen (secondary N) is 1. The lowest BCUT2D eigenvalue weighted by atomic mass is 10.3. The van der Waals surface area contributed by atoms with Gasteiger partial charge in [0.15, 0.2) is 5.82 Å². The number of imide groups is 1. The van der Waals surface area contributed by atoms with Gasteiger partial charge < -0.3 is 4.90 Å². The number of hydrogen-bond donors (Lipinski definition) is 1. The minimum absolute atomic E-state index is 0.239. The maximum absolute atomic E-state index is 11.3. The minimum Gasteiger partial charge on any atom is -0.357 e. The molecule has 0 fully saturated rings. The number of aryl methyl sites for hydroxylation is 1. The molecular weight excluding hydrogens is 268 g/mol. The number of carbonyl (C=O) groups excluding carboxylic acids is 2. The summed E-state index contributed by atoms with van der Waals surface area (Å²) in [4.78, 5) is 23.4. The van der Waals surface area contributed by atoms with Gasteiger partial charge in [0.2, 0.25) is 12.3 Å². The van der Waals surface area contributed by atoms with Gasteiger partial charge in [0, 0.05) is 32.3 Å². The fraction of sp³-hybridized carbons (Fsp3) is 0.400. The van der Waals surface area contributed by atoms with Crippen LogP contribution < -0.4 is 20.8 Å². The Morgan fingerprint density at radius 2 is 2.14 bits per heavy atom. The zero-order chi connectivity index (χ0) is 15.8. The molecule has 0 saturated carbocycles. The molecule has 0 aliphatic heterocycles. The van der Waals surface area contributed by atoms with Crippen molar-refractivity contribution in [2.75, 3.05) is 18.5 Å². The van der Waals surface area contributed by atoms with E-state index in [9.17, 15) is 9.59 Å². The Morgan fingerprint density at radius 1 is 1.43 bits per heavy atom. The fourth-order valence-electron chi connectivity index (χ4n) is 2.00. The number of rotatable bonds is 6. The Labute approximate surface area is 124 Å². The van der Waals surface area contributed by atoms with Crippen LogP contribution in [0.2, 0.25) is 0 Å². The molecule has 1 aromatic heterocycles. The molecule has 0 saturated heterocycles. The summed E-state index contributed by atoms with van der Waals surface area (Å²) in [5.41, 5.74) is 0. The van der Waals surface area contributed by atoms with Crippen LogP contribution in [0.4, 0.5) is 5.82 Å². The summed E-state index contributed by atoms with van der Waals surface area (Å²) in [7, 11) is 3.77. The van der Waals surface area contributed by atoms with Crippen LogP contribution in [0.1, 0.15) is 20.3 Å². The zero-order valence-electron chi connectivity index (χ0n) is 13.0. The summed E-state index contributed by atoms with van der Waals surface area (Å²) in [6.45, 7) is 4.40. The van der Waals surface area contributed by atoms with Crippen LogP contribution in [-0.4, -0.2) is 35.7 Å². The number of nitrogens with zero attached hydrogens (tertiary/aromatic N) is 3. The first-order chi connectivity index (χ1) is 10.0. The summed E-state index contributed by atoms with van der Waals surface area (Å²) < 4.78 is 1.81. The number of aromatic nitrogens is 2. The molecule has 2 amide bonds. The molecule has 1 N–H and O–H groups in total. The Balaban J connectivity index is 3.04. The van der Waals surface area contributed by atoms with E-state index in [-0.39, 0.29) is 12.3 Å². The summed E-state index contributed by atoms with van der Waals surface area (Å²) in [5, 5.41) is 8.66. The number of amides is 2. The maximum Gasteiger partial charge on any atom is 0.228 e. The highest BCUT2D eigenvalue weighted by molar-refractivity contribution is 5.86. The predicted molar refractivity (Wildman–Crippen MR) is 84.0 cm³/mol. The molecule has 0 unspecified atom stereocenters. The van der Waals surface area contributed by atoms with Crippen molar-refractivity contribution in [1.29, 1.82) is 0 Å². The standard InChI is InChI=1S/C15H22N4O2/c1-5-7-8-13-12(6-2)15(17-19(13)4)18(3)10-9-14(21)16-11-20/h5-8,11H,9-10H2,1-4H3,(H,16,20,21)/b7-5-,12-6+,13-8+. The molecule has 1 aromatic rings. The van der Waals surface area contributed by atoms with Gasteiger partial charge in [0.25, 0.3) is 0 Å². The molecule has 21 heavy (non-hydrogen) atoms. The Hall–Kier alpha value is -2.37. The first-order valence-electron chi connectivity index (χ1n) is 6.81. The van der Waals surface area contributed by atoms with E-state index in [0.29, 0.717) is 13.0 Å². The van der Waals surface area contributed by atoms with Crippen molar-refractivity contribution in [2.45, 2.75) is 20.3 Å². The largest absolute Gasteiger partial charge is 0.357 e. The van der Waals surface area contributed by atoms with E-state index in [2.05, 4.69) is 10.4 Å². The highest BCUT2D eigenvalue weighted by atomic mass is 16.2. The van der Waals surface area contributed by atoms with E-state index >= 15 is 0 Å². The molecule has 1 heterocycles. The molecule has 6 heteroatoms. The molecule has 0 aromatic carbocycles. The van der Waals surface area contributed by atoms with Crippen LogP contribution in [-0.2, 0) is 16.6 Å². The van der Waals surface area contributed by atoms with Crippen molar-refractivity contribution in [1.82, 2.24) is 15.1 Å². The average molecular weight is 290 g/mol. The van der Waals surface area contributed by atoms with Crippen LogP contribution in [0.5, 0.6) is 0 Å². The fourth-order valence-corrected chi connectivity index (χ4v) is 2.00. The van der Waals surface area contributed by atoms with Crippen molar-refractivity contribution in [2.24, 2.45) is 7.05 Å². The predicted octanol–water partition coefficient (Wildman–Crippen LogP) is -0.324. The zero-order valence-corrected chi connectivity index (χ0v) is 13.0. The normalized spacial score (nSPS) is 13.0. The van der Waals surface area contributed by atoms with Crippen LogP contribution in [0, 0.1) is 0 Å². The van der Waals surface area contributed by atoms with E-state index in [0.717, 1.165) is 16.4 Å². The van der Waals surface area contributed by atoms with Gasteiger partial charge in [0.1, 0.15) is 0 Å². The molecule has 6 nitrogen and oxygen atoms in total. The number of hydrogen-bond acceptors (Lipinski definition) is 4. The van der Waals surface area contributed by atoms with Gasteiger partial charge in [-0.3, -0.25) is 19.6 Å². The van der Waals surface area contributed by atoms with Crippen LogP contribution in [0.3, 0.4) is 0 Å². The third-order valence-corrected chi connectivity index (χ3v) is 3.10. The quantitative estimate of drug-likeness (QED) is 0.729. The highest BCUT2D eigenvalue weighted by Crippen LogP contribution is 2.00. The molecule has 0 aliphatic rings. The monoisotopic (exact) mass is 290 g/mol. The Bertz CT molecular complexity index is 643. The Kier molecular flexibility index (Phi) is 6.39. The molecule has 0 bridgehead atoms. The van der Waals surface area contributed by atoms with Crippen LogP contribution in [0.15, 0.2) is 12.2 Å². The van der Waals surface area contributed by atoms with Crippen molar-refractivity contribution < 1.29 is 9.59 Å². The van der Waals surface area contributed by atoms with E-state index in [4.69, 9.17) is 0 Å². The molecule has 0 aliphatic carbocycles. The SMILES string of the molecule is C\C=C/C=c1\c(=C/C)c(N(C)CCC(=O)NC=O)nn1C. The second kappa shape index (κ2) is 8.04. The summed E-state index contributed by atoms with van der Waals surface area (Å²) in [6.07, 6.45) is 8.56. The summed E-state index contributed by atoms with van der Waals surface area (Å²) >= 11 is 0. The third kappa shape index (κ3) is 4.30. The number of anilines is 1. The molecule has 0 radical (unpaired) electrons. The van der Waals surface area contributed by atoms with Crippen molar-refractivity contribution in [3.63, 3.8) is 0 Å². The molecular formula is C15H22N4O2. The van der Waals surface area contributed by atoms with E-state index in [1.54, 1.807) is 0 Å². The molecule has 114 valence electrons. The lowest BCUT2D eigenvalue weighted by molar-refractivity contribution is -0.125. The van der Waals surface area contributed by atoms with Gasteiger partial charge >= 0.3 is 0 Å². The lowest BCUT2D eigenvalue weighted by Gasteiger charge is -2.15. The van der Waals surface area contributed by atoms with E-state index < -0.39 is 0 Å². The minimum atomic E-state index is -0.296. The van der Waals surface area contributed by atoms with E-state index in [1.807, 2.05) is 61.8 Å². The molecule has 1 rings (SSSR count). The smallest absolute Gasteiger partial charge is 0.228 e. The van der Waals surface area contributed by atoms with Crippen molar-refractivity contribution >= 4 is 30.3 Å². The van der Waals surface area contributed by atoms with Gasteiger partial charge in [-0.2, -0.15) is 5.10 Å². The first kappa shape index (κ1) is 16.7. The highest BCUT2D eigenvalue weighted by Gasteiger charge is 2.10. The topological polar surface area (TPSA) is 67.2 Å². The second-order valence-corrected chi connectivity index (χ2v) is 4.58. The second-order valence-electron chi connectivity index (χ2n) is 4.58. The van der Waals surface area contributed by atoms with Crippen molar-refractivity contribution in [3.05, 3.63) is 22.7 Å².